The average Bonchev–Trinajstić information content (AvgIpc) is 2.40. The number of rotatable bonds is 5. The normalized spacial score (nSPS) is 30.8. The molecular weight excluding hydrogens is 220 g/mol. The van der Waals surface area contributed by atoms with Crippen LogP contribution in [0.2, 0.25) is 0 Å². The zero-order valence-electron chi connectivity index (χ0n) is 12.5. The summed E-state index contributed by atoms with van der Waals surface area (Å²) >= 11 is 0. The van der Waals surface area contributed by atoms with Crippen LogP contribution in [0.1, 0.15) is 58.8 Å². The van der Waals surface area contributed by atoms with E-state index in [1.807, 2.05) is 0 Å². The lowest BCUT2D eigenvalue weighted by Gasteiger charge is -2.39. The Hall–Kier alpha value is -0.0800. The summed E-state index contributed by atoms with van der Waals surface area (Å²) in [6.07, 6.45) is 9.91. The van der Waals surface area contributed by atoms with Crippen molar-refractivity contribution >= 4 is 0 Å². The molecule has 1 heterocycles. The molecule has 2 nitrogen and oxygen atoms in total. The highest BCUT2D eigenvalue weighted by molar-refractivity contribution is 4.81. The molecule has 2 rings (SSSR count). The summed E-state index contributed by atoms with van der Waals surface area (Å²) in [5.74, 6) is 1.93. The van der Waals surface area contributed by atoms with Gasteiger partial charge in [0.25, 0.3) is 0 Å². The van der Waals surface area contributed by atoms with Gasteiger partial charge in [-0.25, -0.2) is 0 Å². The lowest BCUT2D eigenvalue weighted by molar-refractivity contribution is 0.111. The summed E-state index contributed by atoms with van der Waals surface area (Å²) < 4.78 is 0. The largest absolute Gasteiger partial charge is 0.317 e. The Kier molecular flexibility index (Phi) is 5.97. The second-order valence-electron chi connectivity index (χ2n) is 6.60. The third kappa shape index (κ3) is 4.24. The minimum absolute atomic E-state index is 0.899. The molecule has 2 fully saturated rings. The number of hydrogen-bond acceptors (Lipinski definition) is 2. The molecule has 1 saturated heterocycles. The monoisotopic (exact) mass is 252 g/mol. The van der Waals surface area contributed by atoms with Crippen molar-refractivity contribution in [2.24, 2.45) is 11.8 Å². The van der Waals surface area contributed by atoms with Crippen LogP contribution in [0.15, 0.2) is 0 Å². The molecule has 0 aromatic rings. The maximum absolute atomic E-state index is 3.49. The van der Waals surface area contributed by atoms with Gasteiger partial charge in [0.1, 0.15) is 0 Å². The molecule has 1 aliphatic heterocycles. The first-order chi connectivity index (χ1) is 8.79. The summed E-state index contributed by atoms with van der Waals surface area (Å²) in [7, 11) is 0. The van der Waals surface area contributed by atoms with E-state index in [1.165, 1.54) is 71.1 Å². The van der Waals surface area contributed by atoms with Crippen molar-refractivity contribution in [3.05, 3.63) is 0 Å². The molecular formula is C16H32N2. The van der Waals surface area contributed by atoms with Crippen molar-refractivity contribution in [1.82, 2.24) is 10.2 Å². The van der Waals surface area contributed by atoms with Gasteiger partial charge in [-0.3, -0.25) is 0 Å². The van der Waals surface area contributed by atoms with E-state index in [1.54, 1.807) is 0 Å². The molecule has 0 unspecified atom stereocenters. The molecule has 0 radical (unpaired) electrons. The van der Waals surface area contributed by atoms with E-state index in [4.69, 9.17) is 0 Å². The highest BCUT2D eigenvalue weighted by Gasteiger charge is 2.25. The van der Waals surface area contributed by atoms with Crippen molar-refractivity contribution in [2.45, 2.75) is 64.8 Å². The lowest BCUT2D eigenvalue weighted by Crippen LogP contribution is -2.43. The van der Waals surface area contributed by atoms with Gasteiger partial charge in [-0.05, 0) is 76.4 Å². The van der Waals surface area contributed by atoms with E-state index in [2.05, 4.69) is 24.1 Å². The standard InChI is InChI=1S/C16H32N2/c1-3-12-18(13-15-8-10-17-11-9-15)16-6-4-14(2)5-7-16/h14-17H,3-13H2,1-2H3. The molecule has 0 aromatic carbocycles. The molecule has 2 aliphatic rings. The van der Waals surface area contributed by atoms with Crippen molar-refractivity contribution in [1.29, 1.82) is 0 Å². The number of piperidine rings is 1. The van der Waals surface area contributed by atoms with Crippen molar-refractivity contribution in [3.8, 4) is 0 Å². The zero-order valence-corrected chi connectivity index (χ0v) is 12.5. The Balaban J connectivity index is 1.82. The Morgan fingerprint density at radius 2 is 1.67 bits per heavy atom. The van der Waals surface area contributed by atoms with Crippen LogP contribution in [0, 0.1) is 11.8 Å². The third-order valence-corrected chi connectivity index (χ3v) is 4.96. The van der Waals surface area contributed by atoms with Gasteiger partial charge in [-0.1, -0.05) is 13.8 Å². The van der Waals surface area contributed by atoms with Crippen LogP contribution in [0.3, 0.4) is 0 Å². The Morgan fingerprint density at radius 1 is 1.00 bits per heavy atom. The minimum Gasteiger partial charge on any atom is -0.317 e. The van der Waals surface area contributed by atoms with Gasteiger partial charge >= 0.3 is 0 Å². The van der Waals surface area contributed by atoms with Gasteiger partial charge in [0.2, 0.25) is 0 Å². The quantitative estimate of drug-likeness (QED) is 0.808. The van der Waals surface area contributed by atoms with E-state index >= 15 is 0 Å². The maximum atomic E-state index is 3.49. The fourth-order valence-corrected chi connectivity index (χ4v) is 3.71. The van der Waals surface area contributed by atoms with Gasteiger partial charge < -0.3 is 10.2 Å². The molecule has 0 amide bonds. The van der Waals surface area contributed by atoms with Gasteiger partial charge in [-0.15, -0.1) is 0 Å². The number of nitrogens with zero attached hydrogens (tertiary/aromatic N) is 1. The van der Waals surface area contributed by atoms with Crippen LogP contribution in [0.25, 0.3) is 0 Å². The molecule has 0 atom stereocenters. The van der Waals surface area contributed by atoms with Crippen molar-refractivity contribution < 1.29 is 0 Å². The molecule has 0 aromatic heterocycles. The molecule has 1 aliphatic carbocycles. The average molecular weight is 252 g/mol. The van der Waals surface area contributed by atoms with Gasteiger partial charge in [0, 0.05) is 12.6 Å². The third-order valence-electron chi connectivity index (χ3n) is 4.96. The molecule has 2 heteroatoms. The van der Waals surface area contributed by atoms with E-state index in [0.29, 0.717) is 0 Å². The van der Waals surface area contributed by atoms with Crippen LogP contribution in [0.5, 0.6) is 0 Å². The topological polar surface area (TPSA) is 15.3 Å². The van der Waals surface area contributed by atoms with E-state index in [0.717, 1.165) is 17.9 Å². The first-order valence-electron chi connectivity index (χ1n) is 8.24. The zero-order chi connectivity index (χ0) is 12.8. The Morgan fingerprint density at radius 3 is 2.28 bits per heavy atom. The van der Waals surface area contributed by atoms with E-state index < -0.39 is 0 Å². The Bertz CT molecular complexity index is 215. The fraction of sp³-hybridized carbons (Fsp3) is 1.00. The molecule has 1 N–H and O–H groups in total. The van der Waals surface area contributed by atoms with Gasteiger partial charge in [0.05, 0.1) is 0 Å². The Labute approximate surface area is 114 Å². The molecule has 18 heavy (non-hydrogen) atoms. The molecule has 1 saturated carbocycles. The summed E-state index contributed by atoms with van der Waals surface area (Å²) in [4.78, 5) is 2.84. The summed E-state index contributed by atoms with van der Waals surface area (Å²) in [5, 5.41) is 3.49. The number of hydrogen-bond donors (Lipinski definition) is 1. The second kappa shape index (κ2) is 7.49. The van der Waals surface area contributed by atoms with Crippen LogP contribution >= 0.6 is 0 Å². The molecule has 0 spiro atoms. The van der Waals surface area contributed by atoms with Crippen molar-refractivity contribution in [3.63, 3.8) is 0 Å². The molecule has 106 valence electrons. The highest BCUT2D eigenvalue weighted by atomic mass is 15.2. The van der Waals surface area contributed by atoms with Crippen LogP contribution in [0.4, 0.5) is 0 Å². The van der Waals surface area contributed by atoms with Crippen LogP contribution in [-0.4, -0.2) is 37.1 Å². The summed E-state index contributed by atoms with van der Waals surface area (Å²) in [6.45, 7) is 9.93. The fourth-order valence-electron chi connectivity index (χ4n) is 3.71. The first-order valence-corrected chi connectivity index (χ1v) is 8.24. The minimum atomic E-state index is 0.899. The maximum Gasteiger partial charge on any atom is 0.00955 e. The predicted octanol–water partition coefficient (Wildman–Crippen LogP) is 3.28. The highest BCUT2D eigenvalue weighted by Crippen LogP contribution is 2.28. The lowest BCUT2D eigenvalue weighted by atomic mass is 9.85. The second-order valence-corrected chi connectivity index (χ2v) is 6.60. The van der Waals surface area contributed by atoms with E-state index in [9.17, 15) is 0 Å². The SMILES string of the molecule is CCCN(CC1CCNCC1)C1CCC(C)CC1. The van der Waals surface area contributed by atoms with Crippen LogP contribution in [-0.2, 0) is 0 Å². The summed E-state index contributed by atoms with van der Waals surface area (Å²) in [5.41, 5.74) is 0. The molecule has 0 bridgehead atoms. The first kappa shape index (κ1) is 14.3. The summed E-state index contributed by atoms with van der Waals surface area (Å²) in [6, 6.07) is 0.899. The predicted molar refractivity (Wildman–Crippen MR) is 78.9 cm³/mol. The van der Waals surface area contributed by atoms with Gasteiger partial charge in [-0.2, -0.15) is 0 Å². The van der Waals surface area contributed by atoms with E-state index in [-0.39, 0.29) is 0 Å². The van der Waals surface area contributed by atoms with Gasteiger partial charge in [0.15, 0.2) is 0 Å². The van der Waals surface area contributed by atoms with Crippen molar-refractivity contribution in [2.75, 3.05) is 26.2 Å². The number of nitrogens with one attached hydrogen (secondary N) is 1. The van der Waals surface area contributed by atoms with Crippen LogP contribution < -0.4 is 5.32 Å². The smallest absolute Gasteiger partial charge is 0.00955 e.